The molecular weight excluding hydrogens is 412 g/mol. The number of ether oxygens (including phenoxy) is 1. The zero-order valence-electron chi connectivity index (χ0n) is 18.1. The van der Waals surface area contributed by atoms with Crippen molar-refractivity contribution in [3.05, 3.63) is 60.2 Å². The van der Waals surface area contributed by atoms with E-state index < -0.39 is 10.0 Å². The number of hydrogen-bond donors (Lipinski definition) is 1. The molecule has 1 aliphatic heterocycles. The van der Waals surface area contributed by atoms with E-state index in [2.05, 4.69) is 5.32 Å². The zero-order valence-corrected chi connectivity index (χ0v) is 18.9. The van der Waals surface area contributed by atoms with Crippen molar-refractivity contribution >= 4 is 15.9 Å². The molecule has 0 unspecified atom stereocenters. The monoisotopic (exact) mass is 444 g/mol. The number of sulfonamides is 1. The van der Waals surface area contributed by atoms with Gasteiger partial charge < -0.3 is 10.1 Å². The lowest BCUT2D eigenvalue weighted by Gasteiger charge is -2.31. The number of hydrogen-bond acceptors (Lipinski definition) is 4. The Balaban J connectivity index is 1.29. The van der Waals surface area contributed by atoms with Gasteiger partial charge in [0.05, 0.1) is 11.5 Å². The molecule has 31 heavy (non-hydrogen) atoms. The number of aryl methyl sites for hydroxylation is 1. The Morgan fingerprint density at radius 3 is 2.52 bits per heavy atom. The van der Waals surface area contributed by atoms with Crippen LogP contribution in [-0.4, -0.2) is 44.9 Å². The highest BCUT2D eigenvalue weighted by Crippen LogP contribution is 2.23. The minimum Gasteiger partial charge on any atom is -0.494 e. The van der Waals surface area contributed by atoms with Gasteiger partial charge in [0, 0.05) is 26.1 Å². The first-order valence-electron chi connectivity index (χ1n) is 11.0. The van der Waals surface area contributed by atoms with Crippen molar-refractivity contribution in [1.29, 1.82) is 0 Å². The maximum atomic E-state index is 12.7. The molecule has 1 fully saturated rings. The van der Waals surface area contributed by atoms with Gasteiger partial charge in [-0.05, 0) is 68.4 Å². The maximum Gasteiger partial charge on any atom is 0.243 e. The summed E-state index contributed by atoms with van der Waals surface area (Å²) in [5, 5.41) is 3.01. The number of rotatable bonds is 10. The van der Waals surface area contributed by atoms with Crippen molar-refractivity contribution in [2.75, 3.05) is 26.2 Å². The van der Waals surface area contributed by atoms with Gasteiger partial charge in [0.1, 0.15) is 5.75 Å². The van der Waals surface area contributed by atoms with Gasteiger partial charge in [-0.3, -0.25) is 4.79 Å². The third-order valence-corrected chi connectivity index (χ3v) is 7.51. The molecule has 0 aromatic heterocycles. The number of benzene rings is 2. The second-order valence-corrected chi connectivity index (χ2v) is 10.0. The molecular formula is C24H32N2O4S. The summed E-state index contributed by atoms with van der Waals surface area (Å²) in [5.74, 6) is 1.23. The van der Waals surface area contributed by atoms with Crippen molar-refractivity contribution < 1.29 is 17.9 Å². The summed E-state index contributed by atoms with van der Waals surface area (Å²) >= 11 is 0. The number of amides is 1. The second kappa shape index (κ2) is 11.3. The second-order valence-electron chi connectivity index (χ2n) is 8.09. The summed E-state index contributed by atoms with van der Waals surface area (Å²) < 4.78 is 32.6. The number of carbonyl (C=O) groups excluding carboxylic acids is 1. The van der Waals surface area contributed by atoms with Crippen LogP contribution >= 0.6 is 0 Å². The van der Waals surface area contributed by atoms with Crippen molar-refractivity contribution in [2.24, 2.45) is 5.92 Å². The highest BCUT2D eigenvalue weighted by Gasteiger charge is 2.29. The highest BCUT2D eigenvalue weighted by atomic mass is 32.2. The van der Waals surface area contributed by atoms with Crippen LogP contribution in [-0.2, 0) is 14.8 Å². The summed E-state index contributed by atoms with van der Waals surface area (Å²) in [5.41, 5.74) is 1.17. The van der Waals surface area contributed by atoms with Gasteiger partial charge in [0.2, 0.25) is 15.9 Å². The fraction of sp³-hybridized carbons (Fsp3) is 0.458. The van der Waals surface area contributed by atoms with Crippen LogP contribution in [0.1, 0.15) is 37.7 Å². The van der Waals surface area contributed by atoms with Gasteiger partial charge in [-0.15, -0.1) is 0 Å². The fourth-order valence-corrected chi connectivity index (χ4v) is 5.22. The summed E-state index contributed by atoms with van der Waals surface area (Å²) in [6, 6.07) is 16.5. The Kier molecular flexibility index (Phi) is 8.49. The fourth-order valence-electron chi connectivity index (χ4n) is 3.72. The molecule has 2 aromatic rings. The lowest BCUT2D eigenvalue weighted by atomic mass is 9.98. The molecule has 0 atom stereocenters. The molecule has 0 bridgehead atoms. The van der Waals surface area contributed by atoms with Gasteiger partial charge in [-0.2, -0.15) is 4.31 Å². The molecule has 1 aliphatic rings. The van der Waals surface area contributed by atoms with Crippen LogP contribution in [0.15, 0.2) is 59.5 Å². The molecule has 3 rings (SSSR count). The van der Waals surface area contributed by atoms with E-state index in [0.29, 0.717) is 43.5 Å². The Morgan fingerprint density at radius 1 is 1.06 bits per heavy atom. The summed E-state index contributed by atoms with van der Waals surface area (Å²) in [7, 11) is -3.42. The van der Waals surface area contributed by atoms with E-state index in [1.165, 1.54) is 5.56 Å². The lowest BCUT2D eigenvalue weighted by Crippen LogP contribution is -2.41. The minimum atomic E-state index is -3.42. The number of nitrogens with one attached hydrogen (secondary N) is 1. The van der Waals surface area contributed by atoms with Crippen LogP contribution in [0.25, 0.3) is 0 Å². The number of unbranched alkanes of at least 4 members (excludes halogenated alkanes) is 1. The van der Waals surface area contributed by atoms with Crippen LogP contribution in [0.4, 0.5) is 0 Å². The topological polar surface area (TPSA) is 75.7 Å². The van der Waals surface area contributed by atoms with Crippen LogP contribution in [0.5, 0.6) is 5.75 Å². The molecule has 0 saturated carbocycles. The van der Waals surface area contributed by atoms with E-state index >= 15 is 0 Å². The standard InChI is InChI=1S/C24H32N2O4S/c1-20-8-7-9-22(18-20)30-17-6-5-12-24(27)25-19-21-13-15-26(16-14-21)31(28,29)23-10-3-2-4-11-23/h2-4,7-11,18,21H,5-6,12-17,19H2,1H3,(H,25,27). The molecule has 1 heterocycles. The van der Waals surface area contributed by atoms with Gasteiger partial charge in [0.25, 0.3) is 0 Å². The molecule has 1 N–H and O–H groups in total. The van der Waals surface area contributed by atoms with Crippen LogP contribution in [0.2, 0.25) is 0 Å². The summed E-state index contributed by atoms with van der Waals surface area (Å²) in [6.07, 6.45) is 3.62. The van der Waals surface area contributed by atoms with Gasteiger partial charge in [-0.1, -0.05) is 30.3 Å². The van der Waals surface area contributed by atoms with E-state index in [1.807, 2.05) is 37.3 Å². The van der Waals surface area contributed by atoms with E-state index in [9.17, 15) is 13.2 Å². The molecule has 0 aliphatic carbocycles. The molecule has 168 valence electrons. The summed E-state index contributed by atoms with van der Waals surface area (Å²) in [6.45, 7) is 4.23. The summed E-state index contributed by atoms with van der Waals surface area (Å²) in [4.78, 5) is 12.5. The number of carbonyl (C=O) groups is 1. The molecule has 1 amide bonds. The van der Waals surface area contributed by atoms with E-state index in [0.717, 1.165) is 31.4 Å². The Hall–Kier alpha value is -2.38. The number of nitrogens with zero attached hydrogens (tertiary/aromatic N) is 1. The Morgan fingerprint density at radius 2 is 1.81 bits per heavy atom. The molecule has 2 aromatic carbocycles. The first-order chi connectivity index (χ1) is 14.9. The average Bonchev–Trinajstić information content (AvgIpc) is 2.78. The SMILES string of the molecule is Cc1cccc(OCCCCC(=O)NCC2CCN(S(=O)(=O)c3ccccc3)CC2)c1. The smallest absolute Gasteiger partial charge is 0.243 e. The zero-order chi connectivity index (χ0) is 22.1. The van der Waals surface area contributed by atoms with Crippen LogP contribution < -0.4 is 10.1 Å². The lowest BCUT2D eigenvalue weighted by molar-refractivity contribution is -0.121. The molecule has 0 radical (unpaired) electrons. The van der Waals surface area contributed by atoms with Crippen molar-refractivity contribution in [2.45, 2.75) is 43.9 Å². The Labute approximate surface area is 185 Å². The molecule has 1 saturated heterocycles. The van der Waals surface area contributed by atoms with Gasteiger partial charge in [0.15, 0.2) is 0 Å². The van der Waals surface area contributed by atoms with Gasteiger partial charge >= 0.3 is 0 Å². The third-order valence-electron chi connectivity index (χ3n) is 5.60. The predicted molar refractivity (Wildman–Crippen MR) is 121 cm³/mol. The molecule has 7 heteroatoms. The average molecular weight is 445 g/mol. The van der Waals surface area contributed by atoms with E-state index in [-0.39, 0.29) is 5.91 Å². The Bertz CT molecular complexity index is 939. The molecule has 0 spiro atoms. The third kappa shape index (κ3) is 7.08. The van der Waals surface area contributed by atoms with Gasteiger partial charge in [-0.25, -0.2) is 8.42 Å². The van der Waals surface area contributed by atoms with Crippen molar-refractivity contribution in [3.63, 3.8) is 0 Å². The van der Waals surface area contributed by atoms with Crippen molar-refractivity contribution in [3.8, 4) is 5.75 Å². The highest BCUT2D eigenvalue weighted by molar-refractivity contribution is 7.89. The quantitative estimate of drug-likeness (QED) is 0.566. The first kappa shape index (κ1) is 23.3. The van der Waals surface area contributed by atoms with E-state index in [1.54, 1.807) is 28.6 Å². The van der Waals surface area contributed by atoms with Crippen LogP contribution in [0.3, 0.4) is 0 Å². The normalized spacial score (nSPS) is 15.5. The van der Waals surface area contributed by atoms with E-state index in [4.69, 9.17) is 4.74 Å². The maximum absolute atomic E-state index is 12.7. The first-order valence-corrected chi connectivity index (χ1v) is 12.4. The largest absolute Gasteiger partial charge is 0.494 e. The molecule has 6 nitrogen and oxygen atoms in total. The van der Waals surface area contributed by atoms with Crippen molar-refractivity contribution in [1.82, 2.24) is 9.62 Å². The number of piperidine rings is 1. The minimum absolute atomic E-state index is 0.0508. The predicted octanol–water partition coefficient (Wildman–Crippen LogP) is 3.76. The van der Waals surface area contributed by atoms with Crippen LogP contribution in [0, 0.1) is 12.8 Å².